The smallest absolute Gasteiger partial charge is 0.248 e. The second-order valence-electron chi connectivity index (χ2n) is 4.79. The molecule has 0 aromatic carbocycles. The number of hydrogen-bond donors (Lipinski definition) is 1. The van der Waals surface area contributed by atoms with E-state index in [-0.39, 0.29) is 18.8 Å². The van der Waals surface area contributed by atoms with Crippen LogP contribution in [0.15, 0.2) is 0 Å². The molecule has 0 bridgehead atoms. The molecule has 0 radical (unpaired) electrons. The molecule has 2 rings (SSSR count). The van der Waals surface area contributed by atoms with Crippen molar-refractivity contribution < 1.29 is 8.78 Å². The molecule has 1 heterocycles. The summed E-state index contributed by atoms with van der Waals surface area (Å²) < 4.78 is 25.7. The Morgan fingerprint density at radius 3 is 2.50 bits per heavy atom. The summed E-state index contributed by atoms with van der Waals surface area (Å²) >= 11 is 0. The van der Waals surface area contributed by atoms with Crippen molar-refractivity contribution in [2.45, 2.75) is 25.2 Å². The summed E-state index contributed by atoms with van der Waals surface area (Å²) in [6.07, 6.45) is 0.874. The Hall–Kier alpha value is -0.220. The summed E-state index contributed by atoms with van der Waals surface area (Å²) in [4.78, 5) is 2.25. The van der Waals surface area contributed by atoms with Gasteiger partial charge in [-0.3, -0.25) is 0 Å². The van der Waals surface area contributed by atoms with E-state index in [1.165, 1.54) is 0 Å². The molecule has 14 heavy (non-hydrogen) atoms. The normalized spacial score (nSPS) is 33.2. The highest BCUT2D eigenvalue weighted by atomic mass is 19.3. The molecule has 0 amide bonds. The van der Waals surface area contributed by atoms with Gasteiger partial charge in [0.15, 0.2) is 0 Å². The maximum Gasteiger partial charge on any atom is 0.248 e. The van der Waals surface area contributed by atoms with E-state index in [0.29, 0.717) is 12.3 Å². The summed E-state index contributed by atoms with van der Waals surface area (Å²) in [6, 6.07) is 0. The molecule has 1 atom stereocenters. The number of hydrogen-bond acceptors (Lipinski definition) is 2. The lowest BCUT2D eigenvalue weighted by Gasteiger charge is -2.40. The molecule has 0 aromatic heterocycles. The predicted molar refractivity (Wildman–Crippen MR) is 51.3 cm³/mol. The molecule has 82 valence electrons. The fourth-order valence-electron chi connectivity index (χ4n) is 2.54. The third-order valence-electron chi connectivity index (χ3n) is 3.39. The zero-order chi connectivity index (χ0) is 10.2. The first-order valence-corrected chi connectivity index (χ1v) is 5.39. The van der Waals surface area contributed by atoms with Crippen LogP contribution >= 0.6 is 0 Å². The Morgan fingerprint density at radius 2 is 2.00 bits per heavy atom. The monoisotopic (exact) mass is 204 g/mol. The van der Waals surface area contributed by atoms with E-state index in [1.807, 2.05) is 0 Å². The zero-order valence-electron chi connectivity index (χ0n) is 8.38. The minimum absolute atomic E-state index is 0.0891. The third kappa shape index (κ3) is 2.23. The Balaban J connectivity index is 1.68. The molecular weight excluding hydrogens is 186 g/mol. The van der Waals surface area contributed by atoms with Crippen LogP contribution in [0.4, 0.5) is 8.78 Å². The second-order valence-corrected chi connectivity index (χ2v) is 4.79. The number of alkyl halides is 2. The Labute approximate surface area is 83.4 Å². The lowest BCUT2D eigenvalue weighted by molar-refractivity contribution is 0.000427. The van der Waals surface area contributed by atoms with Gasteiger partial charge in [0.2, 0.25) is 5.92 Å². The maximum atomic E-state index is 12.9. The van der Waals surface area contributed by atoms with Crippen molar-refractivity contribution in [3.05, 3.63) is 0 Å². The largest absolute Gasteiger partial charge is 0.330 e. The predicted octanol–water partition coefficient (Wildman–Crippen LogP) is 1.31. The Bertz CT molecular complexity index is 202. The standard InChI is InChI=1S/C10H18F2N2/c11-10(12)2-1-8(3-10)5-14-6-9(4-13)7-14/h8-9H,1-7,13H2. The average Bonchev–Trinajstić information content (AvgIpc) is 2.37. The number of likely N-dealkylation sites (tertiary alicyclic amines) is 1. The molecule has 1 unspecified atom stereocenters. The van der Waals surface area contributed by atoms with Gasteiger partial charge in [0.25, 0.3) is 0 Å². The van der Waals surface area contributed by atoms with E-state index in [2.05, 4.69) is 4.90 Å². The van der Waals surface area contributed by atoms with Crippen LogP contribution < -0.4 is 5.73 Å². The van der Waals surface area contributed by atoms with Crippen molar-refractivity contribution >= 4 is 0 Å². The van der Waals surface area contributed by atoms with E-state index in [4.69, 9.17) is 5.73 Å². The molecule has 1 saturated carbocycles. The van der Waals surface area contributed by atoms with Gasteiger partial charge in [0, 0.05) is 32.5 Å². The molecule has 1 aliphatic heterocycles. The molecule has 1 saturated heterocycles. The van der Waals surface area contributed by atoms with Crippen LogP contribution in [0.5, 0.6) is 0 Å². The fourth-order valence-corrected chi connectivity index (χ4v) is 2.54. The van der Waals surface area contributed by atoms with Crippen molar-refractivity contribution in [3.8, 4) is 0 Å². The van der Waals surface area contributed by atoms with Crippen LogP contribution in [0.2, 0.25) is 0 Å². The van der Waals surface area contributed by atoms with Gasteiger partial charge in [-0.25, -0.2) is 8.78 Å². The molecule has 0 spiro atoms. The lowest BCUT2D eigenvalue weighted by Crippen LogP contribution is -2.51. The Kier molecular flexibility index (Phi) is 2.75. The zero-order valence-corrected chi connectivity index (χ0v) is 8.38. The van der Waals surface area contributed by atoms with Gasteiger partial charge in [-0.2, -0.15) is 0 Å². The van der Waals surface area contributed by atoms with Gasteiger partial charge in [0.1, 0.15) is 0 Å². The molecule has 2 aliphatic rings. The van der Waals surface area contributed by atoms with E-state index in [0.717, 1.165) is 26.2 Å². The third-order valence-corrected chi connectivity index (χ3v) is 3.39. The van der Waals surface area contributed by atoms with Crippen molar-refractivity contribution in [2.24, 2.45) is 17.6 Å². The van der Waals surface area contributed by atoms with Crippen LogP contribution in [0.25, 0.3) is 0 Å². The van der Waals surface area contributed by atoms with Crippen LogP contribution in [0, 0.1) is 11.8 Å². The summed E-state index contributed by atoms with van der Waals surface area (Å²) in [6.45, 7) is 3.61. The summed E-state index contributed by atoms with van der Waals surface area (Å²) in [5.74, 6) is -1.57. The van der Waals surface area contributed by atoms with Gasteiger partial charge in [-0.1, -0.05) is 0 Å². The van der Waals surface area contributed by atoms with Gasteiger partial charge in [-0.15, -0.1) is 0 Å². The molecule has 1 aliphatic carbocycles. The minimum atomic E-state index is -2.39. The molecule has 2 N–H and O–H groups in total. The number of halogens is 2. The van der Waals surface area contributed by atoms with Gasteiger partial charge < -0.3 is 10.6 Å². The van der Waals surface area contributed by atoms with Crippen molar-refractivity contribution in [1.82, 2.24) is 4.90 Å². The fraction of sp³-hybridized carbons (Fsp3) is 1.00. The van der Waals surface area contributed by atoms with Crippen molar-refractivity contribution in [2.75, 3.05) is 26.2 Å². The first-order chi connectivity index (χ1) is 6.59. The van der Waals surface area contributed by atoms with Crippen LogP contribution in [-0.2, 0) is 0 Å². The molecule has 2 nitrogen and oxygen atoms in total. The van der Waals surface area contributed by atoms with Crippen LogP contribution in [0.3, 0.4) is 0 Å². The molecular formula is C10H18F2N2. The SMILES string of the molecule is NCC1CN(CC2CCC(F)(F)C2)C1. The maximum absolute atomic E-state index is 12.9. The highest BCUT2D eigenvalue weighted by Crippen LogP contribution is 2.39. The van der Waals surface area contributed by atoms with E-state index in [1.54, 1.807) is 0 Å². The van der Waals surface area contributed by atoms with Crippen LogP contribution in [-0.4, -0.2) is 37.0 Å². The van der Waals surface area contributed by atoms with E-state index >= 15 is 0 Å². The summed E-state index contributed by atoms with van der Waals surface area (Å²) in [5, 5.41) is 0. The second kappa shape index (κ2) is 3.74. The molecule has 2 fully saturated rings. The van der Waals surface area contributed by atoms with Gasteiger partial charge in [-0.05, 0) is 24.8 Å². The summed E-state index contributed by atoms with van der Waals surface area (Å²) in [5.41, 5.74) is 5.50. The Morgan fingerprint density at radius 1 is 1.29 bits per heavy atom. The highest BCUT2D eigenvalue weighted by molar-refractivity contribution is 4.87. The highest BCUT2D eigenvalue weighted by Gasteiger charge is 2.40. The average molecular weight is 204 g/mol. The number of rotatable bonds is 3. The molecule has 0 aromatic rings. The van der Waals surface area contributed by atoms with Crippen molar-refractivity contribution in [3.63, 3.8) is 0 Å². The van der Waals surface area contributed by atoms with Gasteiger partial charge >= 0.3 is 0 Å². The van der Waals surface area contributed by atoms with Gasteiger partial charge in [0.05, 0.1) is 0 Å². The molecule has 4 heteroatoms. The summed E-state index contributed by atoms with van der Waals surface area (Å²) in [7, 11) is 0. The van der Waals surface area contributed by atoms with Crippen molar-refractivity contribution in [1.29, 1.82) is 0 Å². The number of nitrogens with zero attached hydrogens (tertiary/aromatic N) is 1. The topological polar surface area (TPSA) is 29.3 Å². The van der Waals surface area contributed by atoms with E-state index in [9.17, 15) is 8.78 Å². The first kappa shape index (κ1) is 10.3. The lowest BCUT2D eigenvalue weighted by atomic mass is 9.97. The van der Waals surface area contributed by atoms with Crippen LogP contribution in [0.1, 0.15) is 19.3 Å². The quantitative estimate of drug-likeness (QED) is 0.751. The number of nitrogens with two attached hydrogens (primary N) is 1. The minimum Gasteiger partial charge on any atom is -0.330 e. The van der Waals surface area contributed by atoms with E-state index < -0.39 is 5.92 Å². The first-order valence-electron chi connectivity index (χ1n) is 5.39.